The molecule has 20 heavy (non-hydrogen) atoms. The minimum Gasteiger partial charge on any atom is -0.329 e. The van der Waals surface area contributed by atoms with E-state index in [0.29, 0.717) is 6.54 Å². The average molecular weight is 293 g/mol. The Balaban J connectivity index is 1.91. The number of rotatable bonds is 3. The molecule has 0 N–H and O–H groups in total. The van der Waals surface area contributed by atoms with Crippen LogP contribution in [0.25, 0.3) is 0 Å². The van der Waals surface area contributed by atoms with Crippen molar-refractivity contribution >= 4 is 23.2 Å². The lowest BCUT2D eigenvalue weighted by molar-refractivity contribution is -0.162. The van der Waals surface area contributed by atoms with Gasteiger partial charge < -0.3 is 9.80 Å². The molecule has 0 bridgehead atoms. The van der Waals surface area contributed by atoms with Crippen LogP contribution in [0.4, 0.5) is 0 Å². The lowest BCUT2D eigenvalue weighted by atomic mass is 9.96. The molecule has 6 heteroatoms. The van der Waals surface area contributed by atoms with E-state index in [0.717, 1.165) is 24.3 Å². The molecule has 2 amide bonds. The molecule has 0 aromatic carbocycles. The Morgan fingerprint density at radius 3 is 2.85 bits per heavy atom. The molecule has 0 aliphatic carbocycles. The zero-order valence-electron chi connectivity index (χ0n) is 11.8. The molecular weight excluding hydrogens is 274 g/mol. The Morgan fingerprint density at radius 1 is 1.40 bits per heavy atom. The summed E-state index contributed by atoms with van der Waals surface area (Å²) in [4.78, 5) is 34.0. The molecule has 0 radical (unpaired) electrons. The van der Waals surface area contributed by atoms with Gasteiger partial charge in [-0.25, -0.2) is 0 Å². The molecule has 0 saturated carbocycles. The van der Waals surface area contributed by atoms with Crippen LogP contribution in [0.5, 0.6) is 0 Å². The summed E-state index contributed by atoms with van der Waals surface area (Å²) in [6.45, 7) is 5.24. The number of nitrogens with zero attached hydrogens (tertiary/aromatic N) is 3. The first kappa shape index (κ1) is 13.5. The van der Waals surface area contributed by atoms with Gasteiger partial charge in [-0.05, 0) is 18.8 Å². The SMILES string of the molecule is CC(C)C1C(=O)N2CCCC2C(=O)N1Cc1cncs1. The second kappa shape index (κ2) is 5.16. The Bertz CT molecular complexity index is 514. The van der Waals surface area contributed by atoms with E-state index in [1.165, 1.54) is 11.3 Å². The highest BCUT2D eigenvalue weighted by atomic mass is 32.1. The van der Waals surface area contributed by atoms with Crippen molar-refractivity contribution in [2.75, 3.05) is 6.54 Å². The second-order valence-corrected chi connectivity index (χ2v) is 6.78. The van der Waals surface area contributed by atoms with Crippen LogP contribution in [0.2, 0.25) is 0 Å². The van der Waals surface area contributed by atoms with Crippen LogP contribution in [0.15, 0.2) is 11.7 Å². The minimum atomic E-state index is -0.334. The number of carbonyl (C=O) groups is 2. The maximum Gasteiger partial charge on any atom is 0.246 e. The van der Waals surface area contributed by atoms with Gasteiger partial charge in [-0.3, -0.25) is 14.6 Å². The fourth-order valence-electron chi connectivity index (χ4n) is 3.23. The van der Waals surface area contributed by atoms with E-state index in [-0.39, 0.29) is 29.8 Å². The molecule has 2 saturated heterocycles. The highest BCUT2D eigenvalue weighted by Gasteiger charge is 2.48. The summed E-state index contributed by atoms with van der Waals surface area (Å²) < 4.78 is 0. The van der Waals surface area contributed by atoms with Gasteiger partial charge in [-0.15, -0.1) is 11.3 Å². The number of hydrogen-bond acceptors (Lipinski definition) is 4. The molecule has 1 aromatic rings. The van der Waals surface area contributed by atoms with Gasteiger partial charge in [-0.1, -0.05) is 13.8 Å². The third kappa shape index (κ3) is 2.12. The van der Waals surface area contributed by atoms with Crippen molar-refractivity contribution in [3.8, 4) is 0 Å². The highest BCUT2D eigenvalue weighted by molar-refractivity contribution is 7.09. The van der Waals surface area contributed by atoms with E-state index in [4.69, 9.17) is 0 Å². The Morgan fingerprint density at radius 2 is 2.20 bits per heavy atom. The molecule has 1 aromatic heterocycles. The summed E-state index contributed by atoms with van der Waals surface area (Å²) in [6, 6.07) is -0.565. The summed E-state index contributed by atoms with van der Waals surface area (Å²) in [5, 5.41) is 0. The van der Waals surface area contributed by atoms with Gasteiger partial charge in [0.25, 0.3) is 0 Å². The fraction of sp³-hybridized carbons (Fsp3) is 0.643. The minimum absolute atomic E-state index is 0.106. The van der Waals surface area contributed by atoms with E-state index < -0.39 is 0 Å². The van der Waals surface area contributed by atoms with Crippen LogP contribution in [0.3, 0.4) is 0 Å². The van der Waals surface area contributed by atoms with E-state index in [9.17, 15) is 9.59 Å². The predicted molar refractivity (Wildman–Crippen MR) is 76.0 cm³/mol. The lowest BCUT2D eigenvalue weighted by Gasteiger charge is -2.43. The first-order valence-corrected chi connectivity index (χ1v) is 7.96. The molecule has 2 atom stereocenters. The third-order valence-corrected chi connectivity index (χ3v) is 4.90. The number of thiazole rings is 1. The predicted octanol–water partition coefficient (Wildman–Crippen LogP) is 1.50. The quantitative estimate of drug-likeness (QED) is 0.848. The Hall–Kier alpha value is -1.43. The van der Waals surface area contributed by atoms with Crippen LogP contribution >= 0.6 is 11.3 Å². The van der Waals surface area contributed by atoms with Gasteiger partial charge in [0.15, 0.2) is 0 Å². The Labute approximate surface area is 122 Å². The highest BCUT2D eigenvalue weighted by Crippen LogP contribution is 2.31. The van der Waals surface area contributed by atoms with Crippen LogP contribution in [-0.2, 0) is 16.1 Å². The topological polar surface area (TPSA) is 53.5 Å². The van der Waals surface area contributed by atoms with Crippen LogP contribution < -0.4 is 0 Å². The number of hydrogen-bond donors (Lipinski definition) is 0. The maximum atomic E-state index is 12.7. The van der Waals surface area contributed by atoms with Crippen molar-refractivity contribution in [3.05, 3.63) is 16.6 Å². The van der Waals surface area contributed by atoms with Crippen molar-refractivity contribution in [3.63, 3.8) is 0 Å². The fourth-order valence-corrected chi connectivity index (χ4v) is 3.82. The summed E-state index contributed by atoms with van der Waals surface area (Å²) in [6.07, 6.45) is 3.51. The van der Waals surface area contributed by atoms with E-state index in [1.54, 1.807) is 21.5 Å². The smallest absolute Gasteiger partial charge is 0.246 e. The zero-order chi connectivity index (χ0) is 14.3. The number of fused-ring (bicyclic) bond motifs is 1. The van der Waals surface area contributed by atoms with Crippen LogP contribution in [0.1, 0.15) is 31.6 Å². The summed E-state index contributed by atoms with van der Waals surface area (Å²) in [7, 11) is 0. The van der Waals surface area contributed by atoms with E-state index >= 15 is 0 Å². The largest absolute Gasteiger partial charge is 0.329 e. The molecular formula is C14H19N3O2S. The van der Waals surface area contributed by atoms with Crippen molar-refractivity contribution in [2.24, 2.45) is 5.92 Å². The molecule has 2 unspecified atom stereocenters. The molecule has 2 aliphatic heterocycles. The number of piperazine rings is 1. The van der Waals surface area contributed by atoms with Gasteiger partial charge in [0.2, 0.25) is 11.8 Å². The molecule has 3 rings (SSSR count). The van der Waals surface area contributed by atoms with Gasteiger partial charge >= 0.3 is 0 Å². The zero-order valence-corrected chi connectivity index (χ0v) is 12.6. The number of aromatic nitrogens is 1. The average Bonchev–Trinajstić information content (AvgIpc) is 3.06. The van der Waals surface area contributed by atoms with Crippen molar-refractivity contribution < 1.29 is 9.59 Å². The molecule has 5 nitrogen and oxygen atoms in total. The van der Waals surface area contributed by atoms with Gasteiger partial charge in [0.05, 0.1) is 12.1 Å². The number of carbonyl (C=O) groups excluding carboxylic acids is 2. The van der Waals surface area contributed by atoms with Crippen LogP contribution in [0, 0.1) is 5.92 Å². The van der Waals surface area contributed by atoms with E-state index in [2.05, 4.69) is 4.98 Å². The standard InChI is InChI=1S/C14H19N3O2S/c1-9(2)12-14(19)16-5-3-4-11(16)13(18)17(12)7-10-6-15-8-20-10/h6,8-9,11-12H,3-5,7H2,1-2H3. The lowest BCUT2D eigenvalue weighted by Crippen LogP contribution is -2.63. The monoisotopic (exact) mass is 293 g/mol. The third-order valence-electron chi connectivity index (χ3n) is 4.13. The first-order chi connectivity index (χ1) is 9.59. The molecule has 0 spiro atoms. The number of amides is 2. The van der Waals surface area contributed by atoms with E-state index in [1.807, 2.05) is 13.8 Å². The molecule has 108 valence electrons. The Kier molecular flexibility index (Phi) is 3.50. The molecule has 2 fully saturated rings. The van der Waals surface area contributed by atoms with Crippen molar-refractivity contribution in [1.29, 1.82) is 0 Å². The normalized spacial score (nSPS) is 26.6. The molecule has 2 aliphatic rings. The van der Waals surface area contributed by atoms with Crippen LogP contribution in [-0.4, -0.2) is 45.2 Å². The van der Waals surface area contributed by atoms with Gasteiger partial charge in [0.1, 0.15) is 12.1 Å². The maximum absolute atomic E-state index is 12.7. The summed E-state index contributed by atoms with van der Waals surface area (Å²) in [5.74, 6) is 0.349. The summed E-state index contributed by atoms with van der Waals surface area (Å²) >= 11 is 1.53. The van der Waals surface area contributed by atoms with Crippen molar-refractivity contribution in [1.82, 2.24) is 14.8 Å². The second-order valence-electron chi connectivity index (χ2n) is 5.81. The van der Waals surface area contributed by atoms with Gasteiger partial charge in [0, 0.05) is 17.6 Å². The summed E-state index contributed by atoms with van der Waals surface area (Å²) in [5.41, 5.74) is 1.76. The molecule has 3 heterocycles. The first-order valence-electron chi connectivity index (χ1n) is 7.08. The van der Waals surface area contributed by atoms with Crippen molar-refractivity contribution in [2.45, 2.75) is 45.3 Å². The van der Waals surface area contributed by atoms with Gasteiger partial charge in [-0.2, -0.15) is 0 Å².